The molecular formula is C23H28F3N3O3S. The predicted molar refractivity (Wildman–Crippen MR) is 121 cm³/mol. The largest absolute Gasteiger partial charge is 0.444 e. The first kappa shape index (κ1) is 24.9. The highest BCUT2D eigenvalue weighted by Gasteiger charge is 2.35. The molecule has 1 fully saturated rings. The summed E-state index contributed by atoms with van der Waals surface area (Å²) in [7, 11) is 0. The lowest BCUT2D eigenvalue weighted by Crippen LogP contribution is -2.53. The summed E-state index contributed by atoms with van der Waals surface area (Å²) in [6.07, 6.45) is -4.91. The molecule has 1 unspecified atom stereocenters. The van der Waals surface area contributed by atoms with Crippen molar-refractivity contribution in [1.82, 2.24) is 9.80 Å². The quantitative estimate of drug-likeness (QED) is 0.641. The maximum absolute atomic E-state index is 13.4. The number of alkyl halides is 3. The minimum Gasteiger partial charge on any atom is -0.444 e. The Hall–Kier alpha value is -2.75. The van der Waals surface area contributed by atoms with Crippen molar-refractivity contribution in [2.45, 2.75) is 45.5 Å². The van der Waals surface area contributed by atoms with E-state index in [1.54, 1.807) is 48.8 Å². The summed E-state index contributed by atoms with van der Waals surface area (Å²) in [5.41, 5.74) is -1.06. The number of anilines is 1. The molecule has 1 saturated heterocycles. The van der Waals surface area contributed by atoms with E-state index in [2.05, 4.69) is 5.32 Å². The maximum Gasteiger partial charge on any atom is 0.416 e. The van der Waals surface area contributed by atoms with E-state index in [1.807, 2.05) is 5.38 Å². The Balaban J connectivity index is 1.76. The third kappa shape index (κ3) is 6.19. The van der Waals surface area contributed by atoms with E-state index in [1.165, 1.54) is 24.3 Å². The first-order valence-corrected chi connectivity index (χ1v) is 11.5. The maximum atomic E-state index is 13.4. The summed E-state index contributed by atoms with van der Waals surface area (Å²) in [5, 5.41) is 4.85. The van der Waals surface area contributed by atoms with Crippen molar-refractivity contribution < 1.29 is 27.5 Å². The monoisotopic (exact) mass is 483 g/mol. The molecule has 1 aliphatic heterocycles. The van der Waals surface area contributed by atoms with Gasteiger partial charge in [0.25, 0.3) is 5.91 Å². The summed E-state index contributed by atoms with van der Waals surface area (Å²) in [4.78, 5) is 29.6. The van der Waals surface area contributed by atoms with Crippen LogP contribution in [0.1, 0.15) is 42.8 Å². The van der Waals surface area contributed by atoms with Gasteiger partial charge in [-0.3, -0.25) is 4.79 Å². The van der Waals surface area contributed by atoms with Crippen LogP contribution in [0.15, 0.2) is 35.7 Å². The van der Waals surface area contributed by atoms with Crippen LogP contribution in [-0.2, 0) is 15.7 Å². The summed E-state index contributed by atoms with van der Waals surface area (Å²) >= 11 is 1.35. The fourth-order valence-corrected chi connectivity index (χ4v) is 4.35. The number of nitrogens with one attached hydrogen (secondary N) is 1. The Morgan fingerprint density at radius 3 is 2.21 bits per heavy atom. The van der Waals surface area contributed by atoms with Crippen LogP contribution in [0.25, 0.3) is 0 Å². The molecule has 0 radical (unpaired) electrons. The third-order valence-electron chi connectivity index (χ3n) is 5.26. The summed E-state index contributed by atoms with van der Waals surface area (Å²) < 4.78 is 45.4. The number of benzene rings is 1. The molecule has 0 aliphatic carbocycles. The number of ether oxygens (including phenoxy) is 1. The number of hydrogen-bond acceptors (Lipinski definition) is 5. The van der Waals surface area contributed by atoms with E-state index >= 15 is 0 Å². The average molecular weight is 484 g/mol. The number of hydrogen-bond donors (Lipinski definition) is 1. The van der Waals surface area contributed by atoms with E-state index in [-0.39, 0.29) is 17.2 Å². The van der Waals surface area contributed by atoms with Gasteiger partial charge in [-0.1, -0.05) is 12.1 Å². The van der Waals surface area contributed by atoms with Crippen molar-refractivity contribution in [2.75, 3.05) is 31.5 Å². The van der Waals surface area contributed by atoms with Crippen LogP contribution in [0.2, 0.25) is 0 Å². The van der Waals surface area contributed by atoms with Crippen molar-refractivity contribution in [3.8, 4) is 0 Å². The molecule has 2 aromatic rings. The second-order valence-corrected chi connectivity index (χ2v) is 9.84. The van der Waals surface area contributed by atoms with Gasteiger partial charge in [0, 0.05) is 36.7 Å². The molecule has 1 aromatic heterocycles. The summed E-state index contributed by atoms with van der Waals surface area (Å²) in [5.74, 6) is -0.252. The Labute approximate surface area is 195 Å². The van der Waals surface area contributed by atoms with E-state index in [9.17, 15) is 22.8 Å². The van der Waals surface area contributed by atoms with Crippen LogP contribution >= 0.6 is 11.3 Å². The highest BCUT2D eigenvalue weighted by molar-refractivity contribution is 7.10. The molecule has 33 heavy (non-hydrogen) atoms. The minimum atomic E-state index is -4.48. The van der Waals surface area contributed by atoms with Gasteiger partial charge in [0.1, 0.15) is 11.6 Å². The molecule has 6 nitrogen and oxygen atoms in total. The van der Waals surface area contributed by atoms with E-state index in [0.717, 1.165) is 6.07 Å². The van der Waals surface area contributed by atoms with Crippen molar-refractivity contribution in [3.05, 3.63) is 51.7 Å². The molecule has 0 bridgehead atoms. The molecule has 1 N–H and O–H groups in total. The average Bonchev–Trinajstić information content (AvgIpc) is 3.25. The zero-order chi connectivity index (χ0) is 24.4. The molecule has 0 spiro atoms. The molecule has 10 heteroatoms. The molecule has 0 saturated carbocycles. The van der Waals surface area contributed by atoms with Crippen molar-refractivity contribution >= 4 is 29.0 Å². The van der Waals surface area contributed by atoms with Crippen LogP contribution in [0, 0.1) is 6.92 Å². The molecule has 180 valence electrons. The van der Waals surface area contributed by atoms with Gasteiger partial charge in [-0.2, -0.15) is 13.2 Å². The fourth-order valence-electron chi connectivity index (χ4n) is 3.58. The summed E-state index contributed by atoms with van der Waals surface area (Å²) in [6.45, 7) is 8.02. The van der Waals surface area contributed by atoms with Crippen molar-refractivity contribution in [1.29, 1.82) is 0 Å². The van der Waals surface area contributed by atoms with Crippen molar-refractivity contribution in [3.63, 3.8) is 0 Å². The van der Waals surface area contributed by atoms with Crippen molar-refractivity contribution in [2.24, 2.45) is 0 Å². The third-order valence-corrected chi connectivity index (χ3v) is 6.19. The normalized spacial score (nSPS) is 15.8. The van der Waals surface area contributed by atoms with Crippen LogP contribution < -0.4 is 5.32 Å². The number of halogens is 3. The SMILES string of the molecule is Cc1c(NC(C(=O)N2CCN(C(=O)OC(C)(C)C)CC2)c2cccs2)cccc1C(F)(F)F. The van der Waals surface area contributed by atoms with Gasteiger partial charge in [-0.05, 0) is 56.8 Å². The lowest BCUT2D eigenvalue weighted by Gasteiger charge is -2.37. The van der Waals surface area contributed by atoms with E-state index < -0.39 is 29.5 Å². The van der Waals surface area contributed by atoms with Gasteiger partial charge in [0.2, 0.25) is 0 Å². The van der Waals surface area contributed by atoms with Crippen LogP contribution in [0.3, 0.4) is 0 Å². The zero-order valence-corrected chi connectivity index (χ0v) is 19.8. The van der Waals surface area contributed by atoms with Gasteiger partial charge < -0.3 is 19.9 Å². The van der Waals surface area contributed by atoms with Gasteiger partial charge in [-0.15, -0.1) is 11.3 Å². The fraction of sp³-hybridized carbons (Fsp3) is 0.478. The molecule has 3 rings (SSSR count). The summed E-state index contributed by atoms with van der Waals surface area (Å²) in [6, 6.07) is 6.63. The topological polar surface area (TPSA) is 61.9 Å². The van der Waals surface area contributed by atoms with Gasteiger partial charge >= 0.3 is 12.3 Å². The van der Waals surface area contributed by atoms with Gasteiger partial charge in [0.05, 0.1) is 5.56 Å². The number of piperazine rings is 1. The highest BCUT2D eigenvalue weighted by atomic mass is 32.1. The lowest BCUT2D eigenvalue weighted by atomic mass is 10.0. The molecule has 1 aromatic carbocycles. The number of carbonyl (C=O) groups is 2. The number of nitrogens with zero attached hydrogens (tertiary/aromatic N) is 2. The zero-order valence-electron chi connectivity index (χ0n) is 19.0. The molecule has 2 heterocycles. The first-order valence-electron chi connectivity index (χ1n) is 10.6. The van der Waals surface area contributed by atoms with E-state index in [0.29, 0.717) is 31.1 Å². The van der Waals surface area contributed by atoms with Crippen LogP contribution in [-0.4, -0.2) is 53.6 Å². The Morgan fingerprint density at radius 2 is 1.67 bits per heavy atom. The van der Waals surface area contributed by atoms with Crippen LogP contribution in [0.4, 0.5) is 23.7 Å². The molecule has 2 amide bonds. The number of carbonyl (C=O) groups excluding carboxylic acids is 2. The van der Waals surface area contributed by atoms with Gasteiger partial charge in [0.15, 0.2) is 0 Å². The Kier molecular flexibility index (Phi) is 7.26. The number of rotatable bonds is 4. The van der Waals surface area contributed by atoms with Crippen LogP contribution in [0.5, 0.6) is 0 Å². The lowest BCUT2D eigenvalue weighted by molar-refractivity contribution is -0.138. The highest BCUT2D eigenvalue weighted by Crippen LogP contribution is 2.36. The smallest absolute Gasteiger partial charge is 0.416 e. The van der Waals surface area contributed by atoms with E-state index in [4.69, 9.17) is 4.74 Å². The standard InChI is InChI=1S/C23H28F3N3O3S/c1-15-16(23(24,25)26)7-5-8-17(15)27-19(18-9-6-14-33-18)20(30)28-10-12-29(13-11-28)21(31)32-22(2,3)4/h5-9,14,19,27H,10-13H2,1-4H3. The molecular weight excluding hydrogens is 455 g/mol. The second kappa shape index (κ2) is 9.62. The molecule has 1 aliphatic rings. The predicted octanol–water partition coefficient (Wildman–Crippen LogP) is 5.31. The number of amides is 2. The Morgan fingerprint density at radius 1 is 1.03 bits per heavy atom. The van der Waals surface area contributed by atoms with Gasteiger partial charge in [-0.25, -0.2) is 4.79 Å². The Bertz CT molecular complexity index is 979. The first-order chi connectivity index (χ1) is 15.4. The number of thiophene rings is 1. The molecule has 1 atom stereocenters. The minimum absolute atomic E-state index is 0.0362. The second-order valence-electron chi connectivity index (χ2n) is 8.86.